The second kappa shape index (κ2) is 15.2. The van der Waals surface area contributed by atoms with Crippen molar-refractivity contribution in [2.24, 2.45) is 11.8 Å². The maximum absolute atomic E-state index is 12.3. The first-order chi connectivity index (χ1) is 14.5. The Hall–Kier alpha value is -1.70. The van der Waals surface area contributed by atoms with Gasteiger partial charge in [0.1, 0.15) is 23.8 Å². The molecule has 0 amide bonds. The smallest absolute Gasteiger partial charge is 0.143 e. The normalized spacial score (nSPS) is 22.2. The number of aliphatic hydroxyl groups excluding tert-OH is 1. The SMILES string of the molecule is CC#CC(O)C(O)(CC=C[C@H]1CCC(=O)[C@@H]1CC=CCCCC=O)CCCCCC. The van der Waals surface area contributed by atoms with Gasteiger partial charge in [-0.1, -0.05) is 62.8 Å². The van der Waals surface area contributed by atoms with Crippen LogP contribution in [-0.2, 0) is 9.59 Å². The number of rotatable bonds is 15. The lowest BCUT2D eigenvalue weighted by atomic mass is 9.85. The van der Waals surface area contributed by atoms with Gasteiger partial charge in [0.05, 0.1) is 0 Å². The van der Waals surface area contributed by atoms with Crippen LogP contribution in [0.15, 0.2) is 24.3 Å². The van der Waals surface area contributed by atoms with Crippen molar-refractivity contribution in [3.05, 3.63) is 24.3 Å². The zero-order valence-corrected chi connectivity index (χ0v) is 18.8. The number of hydrogen-bond donors (Lipinski definition) is 2. The van der Waals surface area contributed by atoms with Crippen LogP contribution in [-0.4, -0.2) is 34.0 Å². The van der Waals surface area contributed by atoms with Crippen molar-refractivity contribution >= 4 is 12.1 Å². The van der Waals surface area contributed by atoms with E-state index in [0.29, 0.717) is 31.5 Å². The van der Waals surface area contributed by atoms with Crippen LogP contribution < -0.4 is 0 Å². The molecule has 1 fully saturated rings. The maximum atomic E-state index is 12.3. The van der Waals surface area contributed by atoms with Crippen LogP contribution in [0.5, 0.6) is 0 Å². The summed E-state index contributed by atoms with van der Waals surface area (Å²) < 4.78 is 0. The monoisotopic (exact) mass is 416 g/mol. The first kappa shape index (κ1) is 26.3. The summed E-state index contributed by atoms with van der Waals surface area (Å²) >= 11 is 0. The van der Waals surface area contributed by atoms with Crippen molar-refractivity contribution in [2.45, 2.75) is 103 Å². The molecule has 0 saturated heterocycles. The number of carbonyl (C=O) groups excluding carboxylic acids is 2. The van der Waals surface area contributed by atoms with Crippen LogP contribution in [0, 0.1) is 23.7 Å². The number of carbonyl (C=O) groups is 2. The lowest BCUT2D eigenvalue weighted by Crippen LogP contribution is -2.41. The standard InChI is InChI=1S/C26H40O4/c1-3-5-6-11-19-26(30,25(29)14-4-2)20-13-15-22-17-18-24(28)23(22)16-10-8-7-9-12-21-27/h8,10,13,15,21-23,25,29-30H,3,5-7,9,11-12,16-20H2,1-2H3/t22-,23+,25?,26?/m0/s1. The van der Waals surface area contributed by atoms with Crippen LogP contribution in [0.4, 0.5) is 0 Å². The van der Waals surface area contributed by atoms with E-state index in [1.165, 1.54) is 0 Å². The molecule has 2 N–H and O–H groups in total. The molecular weight excluding hydrogens is 376 g/mol. The number of Topliss-reactive ketones (excluding diaryl/α,β-unsaturated/α-hetero) is 1. The molecule has 30 heavy (non-hydrogen) atoms. The molecule has 0 heterocycles. The predicted octanol–water partition coefficient (Wildman–Crippen LogP) is 4.93. The van der Waals surface area contributed by atoms with Crippen molar-refractivity contribution in [1.29, 1.82) is 0 Å². The number of ketones is 1. The molecule has 4 nitrogen and oxygen atoms in total. The molecule has 0 aromatic rings. The molecule has 1 rings (SSSR count). The number of hydrogen-bond acceptors (Lipinski definition) is 4. The number of aliphatic hydroxyl groups is 2. The third-order valence-electron chi connectivity index (χ3n) is 6.01. The minimum absolute atomic E-state index is 0.0124. The molecule has 0 bridgehead atoms. The van der Waals surface area contributed by atoms with Gasteiger partial charge < -0.3 is 15.0 Å². The third-order valence-corrected chi connectivity index (χ3v) is 6.01. The van der Waals surface area contributed by atoms with E-state index in [1.807, 2.05) is 6.08 Å². The largest absolute Gasteiger partial charge is 0.386 e. The van der Waals surface area contributed by atoms with Gasteiger partial charge in [0.15, 0.2) is 0 Å². The van der Waals surface area contributed by atoms with E-state index in [1.54, 1.807) is 6.92 Å². The first-order valence-electron chi connectivity index (χ1n) is 11.6. The molecule has 2 unspecified atom stereocenters. The molecule has 4 atom stereocenters. The molecule has 1 saturated carbocycles. The summed E-state index contributed by atoms with van der Waals surface area (Å²) in [6, 6.07) is 0. The Bertz CT molecular complexity index is 625. The van der Waals surface area contributed by atoms with E-state index in [-0.39, 0.29) is 11.8 Å². The van der Waals surface area contributed by atoms with E-state index < -0.39 is 11.7 Å². The Morgan fingerprint density at radius 2 is 1.97 bits per heavy atom. The molecule has 168 valence electrons. The van der Waals surface area contributed by atoms with E-state index >= 15 is 0 Å². The van der Waals surface area contributed by atoms with Crippen LogP contribution in [0.2, 0.25) is 0 Å². The molecule has 0 radical (unpaired) electrons. The molecule has 0 aliphatic heterocycles. The van der Waals surface area contributed by atoms with Gasteiger partial charge in [0.2, 0.25) is 0 Å². The summed E-state index contributed by atoms with van der Waals surface area (Å²) in [5, 5.41) is 21.4. The average molecular weight is 417 g/mol. The fourth-order valence-electron chi connectivity index (χ4n) is 4.08. The van der Waals surface area contributed by atoms with Crippen LogP contribution in [0.1, 0.15) is 90.9 Å². The Balaban J connectivity index is 2.66. The summed E-state index contributed by atoms with van der Waals surface area (Å²) in [4.78, 5) is 22.6. The van der Waals surface area contributed by atoms with Gasteiger partial charge in [-0.25, -0.2) is 0 Å². The zero-order valence-electron chi connectivity index (χ0n) is 18.8. The molecule has 0 aromatic carbocycles. The van der Waals surface area contributed by atoms with E-state index in [9.17, 15) is 19.8 Å². The van der Waals surface area contributed by atoms with Crippen LogP contribution >= 0.6 is 0 Å². The summed E-state index contributed by atoms with van der Waals surface area (Å²) in [6.07, 6.45) is 17.4. The highest BCUT2D eigenvalue weighted by Crippen LogP contribution is 2.33. The Morgan fingerprint density at radius 1 is 1.17 bits per heavy atom. The molecule has 1 aliphatic carbocycles. The second-order valence-corrected chi connectivity index (χ2v) is 8.42. The van der Waals surface area contributed by atoms with E-state index in [2.05, 4.69) is 37.0 Å². The molecule has 0 aromatic heterocycles. The number of allylic oxidation sites excluding steroid dienone is 3. The molecule has 4 heteroatoms. The van der Waals surface area contributed by atoms with Gasteiger partial charge in [-0.2, -0.15) is 0 Å². The van der Waals surface area contributed by atoms with Crippen molar-refractivity contribution in [3.8, 4) is 11.8 Å². The van der Waals surface area contributed by atoms with Crippen molar-refractivity contribution < 1.29 is 19.8 Å². The summed E-state index contributed by atoms with van der Waals surface area (Å²) in [5.74, 6) is 5.88. The number of aldehydes is 1. The molecule has 0 spiro atoms. The summed E-state index contributed by atoms with van der Waals surface area (Å²) in [6.45, 7) is 3.81. The average Bonchev–Trinajstić information content (AvgIpc) is 3.07. The Morgan fingerprint density at radius 3 is 2.67 bits per heavy atom. The summed E-state index contributed by atoms with van der Waals surface area (Å²) in [5.41, 5.74) is -1.25. The molecular formula is C26H40O4. The van der Waals surface area contributed by atoms with Crippen molar-refractivity contribution in [2.75, 3.05) is 0 Å². The first-order valence-corrected chi connectivity index (χ1v) is 11.6. The second-order valence-electron chi connectivity index (χ2n) is 8.42. The van der Waals surface area contributed by atoms with Gasteiger partial charge >= 0.3 is 0 Å². The van der Waals surface area contributed by atoms with Crippen LogP contribution in [0.3, 0.4) is 0 Å². The van der Waals surface area contributed by atoms with Gasteiger partial charge in [-0.05, 0) is 51.4 Å². The Labute approximate surface area is 182 Å². The minimum atomic E-state index is -1.25. The van der Waals surface area contributed by atoms with Gasteiger partial charge in [-0.15, -0.1) is 5.92 Å². The zero-order chi connectivity index (χ0) is 22.2. The highest BCUT2D eigenvalue weighted by atomic mass is 16.3. The quantitative estimate of drug-likeness (QED) is 0.172. The topological polar surface area (TPSA) is 74.6 Å². The minimum Gasteiger partial charge on any atom is -0.386 e. The molecule has 1 aliphatic rings. The fraction of sp³-hybridized carbons (Fsp3) is 0.692. The Kier molecular flexibility index (Phi) is 13.3. The van der Waals surface area contributed by atoms with Crippen molar-refractivity contribution in [3.63, 3.8) is 0 Å². The highest BCUT2D eigenvalue weighted by Gasteiger charge is 2.34. The van der Waals surface area contributed by atoms with Gasteiger partial charge in [0, 0.05) is 18.8 Å². The lowest BCUT2D eigenvalue weighted by Gasteiger charge is -2.29. The summed E-state index contributed by atoms with van der Waals surface area (Å²) in [7, 11) is 0. The van der Waals surface area contributed by atoms with Gasteiger partial charge in [0.25, 0.3) is 0 Å². The van der Waals surface area contributed by atoms with Crippen molar-refractivity contribution in [1.82, 2.24) is 0 Å². The predicted molar refractivity (Wildman–Crippen MR) is 122 cm³/mol. The van der Waals surface area contributed by atoms with E-state index in [4.69, 9.17) is 0 Å². The lowest BCUT2D eigenvalue weighted by molar-refractivity contribution is -0.120. The maximum Gasteiger partial charge on any atom is 0.143 e. The van der Waals surface area contributed by atoms with Crippen LogP contribution in [0.25, 0.3) is 0 Å². The van der Waals surface area contributed by atoms with Gasteiger partial charge in [-0.3, -0.25) is 4.79 Å². The van der Waals surface area contributed by atoms with E-state index in [0.717, 1.165) is 57.7 Å². The number of unbranched alkanes of at least 4 members (excludes halogenated alkanes) is 5. The third kappa shape index (κ3) is 9.41. The highest BCUT2D eigenvalue weighted by molar-refractivity contribution is 5.83. The fourth-order valence-corrected chi connectivity index (χ4v) is 4.08.